The third-order valence-electron chi connectivity index (χ3n) is 2.94. The topological polar surface area (TPSA) is 29.5 Å². The fourth-order valence-electron chi connectivity index (χ4n) is 1.83. The average Bonchev–Trinajstić information content (AvgIpc) is 2.22. The lowest BCUT2D eigenvalue weighted by atomic mass is 9.93. The fourth-order valence-corrected chi connectivity index (χ4v) is 1.83. The molecule has 0 aliphatic rings. The van der Waals surface area contributed by atoms with Gasteiger partial charge in [-0.05, 0) is 25.7 Å². The standard InChI is InChI=1S/C12H26O2/c1-5-10(6-2)9-11(13)12(7-3)14-8-4/h10-13H,5-9H2,1-4H3. The molecular weight excluding hydrogens is 176 g/mol. The van der Waals surface area contributed by atoms with E-state index in [1.165, 1.54) is 0 Å². The first-order valence-electron chi connectivity index (χ1n) is 5.99. The highest BCUT2D eigenvalue weighted by Crippen LogP contribution is 2.19. The lowest BCUT2D eigenvalue weighted by Gasteiger charge is -2.24. The summed E-state index contributed by atoms with van der Waals surface area (Å²) in [6, 6.07) is 0. The molecule has 0 spiro atoms. The Labute approximate surface area is 88.7 Å². The Balaban J connectivity index is 3.94. The molecule has 0 amide bonds. The smallest absolute Gasteiger partial charge is 0.0831 e. The van der Waals surface area contributed by atoms with Gasteiger partial charge in [-0.1, -0.05) is 33.6 Å². The number of aliphatic hydroxyl groups is 1. The van der Waals surface area contributed by atoms with Crippen molar-refractivity contribution in [3.05, 3.63) is 0 Å². The van der Waals surface area contributed by atoms with Gasteiger partial charge >= 0.3 is 0 Å². The zero-order chi connectivity index (χ0) is 11.0. The number of hydrogen-bond acceptors (Lipinski definition) is 2. The van der Waals surface area contributed by atoms with Gasteiger partial charge in [0, 0.05) is 6.61 Å². The molecule has 0 aromatic carbocycles. The van der Waals surface area contributed by atoms with Crippen LogP contribution in [-0.2, 0) is 4.74 Å². The molecule has 0 aliphatic carbocycles. The van der Waals surface area contributed by atoms with E-state index < -0.39 is 0 Å². The van der Waals surface area contributed by atoms with Gasteiger partial charge in [0.05, 0.1) is 12.2 Å². The zero-order valence-electron chi connectivity index (χ0n) is 10.1. The van der Waals surface area contributed by atoms with Gasteiger partial charge in [-0.15, -0.1) is 0 Å². The average molecular weight is 202 g/mol. The molecule has 0 saturated heterocycles. The largest absolute Gasteiger partial charge is 0.390 e. The van der Waals surface area contributed by atoms with Gasteiger partial charge in [0.15, 0.2) is 0 Å². The predicted molar refractivity (Wildman–Crippen MR) is 60.4 cm³/mol. The minimum atomic E-state index is -0.287. The molecule has 2 unspecified atom stereocenters. The van der Waals surface area contributed by atoms with Gasteiger partial charge in [-0.25, -0.2) is 0 Å². The molecule has 0 aromatic heterocycles. The van der Waals surface area contributed by atoms with E-state index in [4.69, 9.17) is 4.74 Å². The van der Waals surface area contributed by atoms with Crippen LogP contribution in [0.25, 0.3) is 0 Å². The van der Waals surface area contributed by atoms with Crippen LogP contribution >= 0.6 is 0 Å². The van der Waals surface area contributed by atoms with Crippen molar-refractivity contribution in [3.8, 4) is 0 Å². The van der Waals surface area contributed by atoms with Gasteiger partial charge in [-0.2, -0.15) is 0 Å². The van der Waals surface area contributed by atoms with Crippen LogP contribution in [0.5, 0.6) is 0 Å². The van der Waals surface area contributed by atoms with Gasteiger partial charge in [0.2, 0.25) is 0 Å². The molecular formula is C12H26O2. The Hall–Kier alpha value is -0.0800. The maximum absolute atomic E-state index is 9.95. The van der Waals surface area contributed by atoms with Crippen LogP contribution in [0.1, 0.15) is 53.4 Å². The van der Waals surface area contributed by atoms with Crippen molar-refractivity contribution in [1.82, 2.24) is 0 Å². The first-order chi connectivity index (χ1) is 6.69. The van der Waals surface area contributed by atoms with Gasteiger partial charge in [0.25, 0.3) is 0 Å². The highest BCUT2D eigenvalue weighted by Gasteiger charge is 2.20. The molecule has 0 saturated carbocycles. The molecule has 14 heavy (non-hydrogen) atoms. The summed E-state index contributed by atoms with van der Waals surface area (Å²) in [6.45, 7) is 9.10. The highest BCUT2D eigenvalue weighted by molar-refractivity contribution is 4.71. The monoisotopic (exact) mass is 202 g/mol. The quantitative estimate of drug-likeness (QED) is 0.655. The summed E-state index contributed by atoms with van der Waals surface area (Å²) in [4.78, 5) is 0. The van der Waals surface area contributed by atoms with Crippen LogP contribution in [0.4, 0.5) is 0 Å². The maximum Gasteiger partial charge on any atom is 0.0831 e. The second-order valence-corrected chi connectivity index (χ2v) is 3.89. The Morgan fingerprint density at radius 2 is 1.57 bits per heavy atom. The van der Waals surface area contributed by atoms with Crippen molar-refractivity contribution in [2.24, 2.45) is 5.92 Å². The van der Waals surface area contributed by atoms with Crippen molar-refractivity contribution < 1.29 is 9.84 Å². The van der Waals surface area contributed by atoms with E-state index in [0.717, 1.165) is 25.7 Å². The Bertz CT molecular complexity index is 121. The van der Waals surface area contributed by atoms with Crippen LogP contribution < -0.4 is 0 Å². The van der Waals surface area contributed by atoms with E-state index in [0.29, 0.717) is 12.5 Å². The van der Waals surface area contributed by atoms with Crippen molar-refractivity contribution in [2.75, 3.05) is 6.61 Å². The molecule has 0 aromatic rings. The lowest BCUT2D eigenvalue weighted by molar-refractivity contribution is -0.0437. The van der Waals surface area contributed by atoms with Crippen molar-refractivity contribution >= 4 is 0 Å². The minimum Gasteiger partial charge on any atom is -0.390 e. The second kappa shape index (κ2) is 8.25. The first-order valence-corrected chi connectivity index (χ1v) is 5.99. The molecule has 0 radical (unpaired) electrons. The van der Waals surface area contributed by atoms with Crippen molar-refractivity contribution in [2.45, 2.75) is 65.6 Å². The van der Waals surface area contributed by atoms with Crippen LogP contribution in [0.3, 0.4) is 0 Å². The molecule has 0 rings (SSSR count). The zero-order valence-corrected chi connectivity index (χ0v) is 10.1. The van der Waals surface area contributed by atoms with Crippen LogP contribution in [-0.4, -0.2) is 23.9 Å². The molecule has 2 nitrogen and oxygen atoms in total. The van der Waals surface area contributed by atoms with Gasteiger partial charge in [0.1, 0.15) is 0 Å². The van der Waals surface area contributed by atoms with Crippen molar-refractivity contribution in [3.63, 3.8) is 0 Å². The van der Waals surface area contributed by atoms with Crippen molar-refractivity contribution in [1.29, 1.82) is 0 Å². The molecule has 86 valence electrons. The lowest BCUT2D eigenvalue weighted by Crippen LogP contribution is -2.30. The Morgan fingerprint density at radius 1 is 1.00 bits per heavy atom. The van der Waals surface area contributed by atoms with E-state index in [2.05, 4.69) is 20.8 Å². The van der Waals surface area contributed by atoms with E-state index in [-0.39, 0.29) is 12.2 Å². The molecule has 0 aliphatic heterocycles. The van der Waals surface area contributed by atoms with Gasteiger partial charge in [-0.3, -0.25) is 0 Å². The second-order valence-electron chi connectivity index (χ2n) is 3.89. The first kappa shape index (κ1) is 13.9. The normalized spacial score (nSPS) is 15.9. The Morgan fingerprint density at radius 3 is 1.93 bits per heavy atom. The maximum atomic E-state index is 9.95. The summed E-state index contributed by atoms with van der Waals surface area (Å²) in [5.74, 6) is 0.638. The third-order valence-corrected chi connectivity index (χ3v) is 2.94. The predicted octanol–water partition coefficient (Wildman–Crippen LogP) is 2.99. The minimum absolute atomic E-state index is 0.0283. The van der Waals surface area contributed by atoms with Crippen LogP contribution in [0.15, 0.2) is 0 Å². The van der Waals surface area contributed by atoms with Crippen LogP contribution in [0.2, 0.25) is 0 Å². The summed E-state index contributed by atoms with van der Waals surface area (Å²) < 4.78 is 5.49. The Kier molecular flexibility index (Phi) is 8.20. The highest BCUT2D eigenvalue weighted by atomic mass is 16.5. The van der Waals surface area contributed by atoms with E-state index >= 15 is 0 Å². The van der Waals surface area contributed by atoms with E-state index in [9.17, 15) is 5.11 Å². The summed E-state index contributed by atoms with van der Waals surface area (Å²) in [5.41, 5.74) is 0. The third kappa shape index (κ3) is 4.97. The van der Waals surface area contributed by atoms with E-state index in [1.54, 1.807) is 0 Å². The molecule has 0 bridgehead atoms. The number of ether oxygens (including phenoxy) is 1. The summed E-state index contributed by atoms with van der Waals surface area (Å²) in [5, 5.41) is 9.95. The summed E-state index contributed by atoms with van der Waals surface area (Å²) in [6.07, 6.45) is 3.82. The SMILES string of the molecule is CCOC(CC)C(O)CC(CC)CC. The number of rotatable bonds is 8. The molecule has 1 N–H and O–H groups in total. The molecule has 0 heterocycles. The fraction of sp³-hybridized carbons (Fsp3) is 1.00. The van der Waals surface area contributed by atoms with E-state index in [1.807, 2.05) is 6.92 Å². The number of aliphatic hydroxyl groups excluding tert-OH is 1. The summed E-state index contributed by atoms with van der Waals surface area (Å²) in [7, 11) is 0. The number of hydrogen-bond donors (Lipinski definition) is 1. The molecule has 2 atom stereocenters. The van der Waals surface area contributed by atoms with Crippen LogP contribution in [0, 0.1) is 5.92 Å². The molecule has 2 heteroatoms. The summed E-state index contributed by atoms with van der Waals surface area (Å²) >= 11 is 0. The molecule has 0 fully saturated rings. The van der Waals surface area contributed by atoms with Gasteiger partial charge < -0.3 is 9.84 Å².